The van der Waals surface area contributed by atoms with E-state index in [0.717, 1.165) is 14.9 Å². The lowest BCUT2D eigenvalue weighted by atomic mass is 10.2. The van der Waals surface area contributed by atoms with E-state index >= 15 is 0 Å². The lowest BCUT2D eigenvalue weighted by molar-refractivity contribution is -0.120. The standard InChI is InChI=1S/C20H18BrN5O2S/c21-15-5-3-14(4-6-15)12-25-13-23-19-17(20(25)28)11-24-26(19)8-7-22-18(27)10-16-2-1-9-29-16/h1-6,9,11,13H,7-8,10,12H2,(H,22,27). The van der Waals surface area contributed by atoms with E-state index in [4.69, 9.17) is 0 Å². The molecule has 0 spiro atoms. The maximum atomic E-state index is 12.8. The molecular weight excluding hydrogens is 454 g/mol. The fourth-order valence-corrected chi connectivity index (χ4v) is 3.96. The Bertz CT molecular complexity index is 1180. The molecule has 0 unspecified atom stereocenters. The quantitative estimate of drug-likeness (QED) is 0.449. The van der Waals surface area contributed by atoms with Crippen LogP contribution in [0, 0.1) is 0 Å². The molecule has 3 heterocycles. The molecule has 4 aromatic rings. The summed E-state index contributed by atoms with van der Waals surface area (Å²) < 4.78 is 4.21. The molecule has 7 nitrogen and oxygen atoms in total. The number of thiophene rings is 1. The molecule has 0 aliphatic heterocycles. The second-order valence-electron chi connectivity index (χ2n) is 6.52. The minimum absolute atomic E-state index is 0.0336. The number of carbonyl (C=O) groups excluding carboxylic acids is 1. The van der Waals surface area contributed by atoms with Crippen LogP contribution in [0.5, 0.6) is 0 Å². The minimum atomic E-state index is -0.133. The van der Waals surface area contributed by atoms with Gasteiger partial charge in [-0.25, -0.2) is 9.67 Å². The molecule has 4 rings (SSSR count). The first-order chi connectivity index (χ1) is 14.1. The van der Waals surface area contributed by atoms with E-state index in [-0.39, 0.29) is 11.5 Å². The third kappa shape index (κ3) is 4.63. The first-order valence-corrected chi connectivity index (χ1v) is 10.7. The summed E-state index contributed by atoms with van der Waals surface area (Å²) in [7, 11) is 0. The van der Waals surface area contributed by atoms with Gasteiger partial charge in [-0.15, -0.1) is 11.3 Å². The smallest absolute Gasteiger partial charge is 0.264 e. The van der Waals surface area contributed by atoms with Crippen molar-refractivity contribution in [2.75, 3.05) is 6.54 Å². The highest BCUT2D eigenvalue weighted by atomic mass is 79.9. The highest BCUT2D eigenvalue weighted by molar-refractivity contribution is 9.10. The molecule has 9 heteroatoms. The van der Waals surface area contributed by atoms with E-state index in [1.807, 2.05) is 41.8 Å². The van der Waals surface area contributed by atoms with E-state index in [1.165, 1.54) is 6.20 Å². The zero-order valence-electron chi connectivity index (χ0n) is 15.4. The number of benzene rings is 1. The van der Waals surface area contributed by atoms with Crippen LogP contribution in [0.1, 0.15) is 10.4 Å². The van der Waals surface area contributed by atoms with Crippen LogP contribution in [0.25, 0.3) is 11.0 Å². The van der Waals surface area contributed by atoms with Crippen LogP contribution in [-0.2, 0) is 24.3 Å². The molecule has 148 valence electrons. The van der Waals surface area contributed by atoms with Gasteiger partial charge in [0.25, 0.3) is 5.56 Å². The van der Waals surface area contributed by atoms with Gasteiger partial charge < -0.3 is 5.32 Å². The summed E-state index contributed by atoms with van der Waals surface area (Å²) in [5, 5.41) is 9.57. The Morgan fingerprint density at radius 2 is 2.03 bits per heavy atom. The Morgan fingerprint density at radius 3 is 2.79 bits per heavy atom. The number of nitrogens with zero attached hydrogens (tertiary/aromatic N) is 4. The molecule has 0 atom stereocenters. The van der Waals surface area contributed by atoms with Gasteiger partial charge in [-0.05, 0) is 29.1 Å². The van der Waals surface area contributed by atoms with Crippen molar-refractivity contribution in [3.8, 4) is 0 Å². The zero-order valence-corrected chi connectivity index (χ0v) is 17.8. The van der Waals surface area contributed by atoms with Crippen LogP contribution in [0.3, 0.4) is 0 Å². The average Bonchev–Trinajstić information content (AvgIpc) is 3.36. The molecule has 0 radical (unpaired) electrons. The molecule has 1 N–H and O–H groups in total. The Morgan fingerprint density at radius 1 is 1.21 bits per heavy atom. The summed E-state index contributed by atoms with van der Waals surface area (Å²) in [6.45, 7) is 1.31. The van der Waals surface area contributed by atoms with Crippen LogP contribution in [0.2, 0.25) is 0 Å². The van der Waals surface area contributed by atoms with Crippen LogP contribution in [0.15, 0.2) is 63.6 Å². The van der Waals surface area contributed by atoms with E-state index < -0.39 is 0 Å². The van der Waals surface area contributed by atoms with E-state index in [2.05, 4.69) is 31.3 Å². The van der Waals surface area contributed by atoms with Gasteiger partial charge >= 0.3 is 0 Å². The molecule has 0 saturated carbocycles. The van der Waals surface area contributed by atoms with Gasteiger partial charge in [0.15, 0.2) is 5.65 Å². The van der Waals surface area contributed by atoms with Crippen molar-refractivity contribution in [3.05, 3.63) is 79.6 Å². The fraction of sp³-hybridized carbons (Fsp3) is 0.200. The number of nitrogens with one attached hydrogen (secondary N) is 1. The van der Waals surface area contributed by atoms with Crippen LogP contribution in [-0.4, -0.2) is 31.8 Å². The van der Waals surface area contributed by atoms with Crippen molar-refractivity contribution >= 4 is 44.2 Å². The minimum Gasteiger partial charge on any atom is -0.354 e. The molecule has 0 saturated heterocycles. The van der Waals surface area contributed by atoms with E-state index in [0.29, 0.717) is 37.1 Å². The van der Waals surface area contributed by atoms with Crippen molar-refractivity contribution < 1.29 is 4.79 Å². The normalized spacial score (nSPS) is 11.1. The first-order valence-electron chi connectivity index (χ1n) is 9.04. The Hall–Kier alpha value is -2.78. The van der Waals surface area contributed by atoms with Gasteiger partial charge in [-0.2, -0.15) is 5.10 Å². The molecule has 1 amide bonds. The van der Waals surface area contributed by atoms with E-state index in [1.54, 1.807) is 26.9 Å². The second kappa shape index (κ2) is 8.71. The van der Waals surface area contributed by atoms with Gasteiger partial charge in [0, 0.05) is 15.9 Å². The first kappa shape index (κ1) is 19.5. The summed E-state index contributed by atoms with van der Waals surface area (Å²) >= 11 is 4.97. The number of aromatic nitrogens is 4. The summed E-state index contributed by atoms with van der Waals surface area (Å²) in [6.07, 6.45) is 3.45. The fourth-order valence-electron chi connectivity index (χ4n) is 3.00. The zero-order chi connectivity index (χ0) is 20.2. The summed E-state index contributed by atoms with van der Waals surface area (Å²) in [6, 6.07) is 11.7. The monoisotopic (exact) mass is 471 g/mol. The molecule has 0 bridgehead atoms. The lowest BCUT2D eigenvalue weighted by Crippen LogP contribution is -2.28. The summed E-state index contributed by atoms with van der Waals surface area (Å²) in [5.41, 5.74) is 1.40. The van der Waals surface area contributed by atoms with Crippen molar-refractivity contribution in [3.63, 3.8) is 0 Å². The SMILES string of the molecule is O=C(Cc1cccs1)NCCn1ncc2c(=O)n(Cc3ccc(Br)cc3)cnc21. The number of hydrogen-bond donors (Lipinski definition) is 1. The van der Waals surface area contributed by atoms with Gasteiger partial charge in [0.1, 0.15) is 11.7 Å². The van der Waals surface area contributed by atoms with Crippen molar-refractivity contribution in [1.29, 1.82) is 0 Å². The number of halogens is 1. The van der Waals surface area contributed by atoms with Gasteiger partial charge in [-0.1, -0.05) is 34.1 Å². The molecule has 0 aliphatic rings. The molecule has 1 aromatic carbocycles. The van der Waals surface area contributed by atoms with Gasteiger partial charge in [0.2, 0.25) is 5.91 Å². The Kier molecular flexibility index (Phi) is 5.86. The summed E-state index contributed by atoms with van der Waals surface area (Å²) in [5.74, 6) is -0.0336. The molecule has 0 aliphatic carbocycles. The largest absolute Gasteiger partial charge is 0.354 e. The summed E-state index contributed by atoms with van der Waals surface area (Å²) in [4.78, 5) is 30.2. The predicted octanol–water partition coefficient (Wildman–Crippen LogP) is 2.82. The average molecular weight is 472 g/mol. The second-order valence-corrected chi connectivity index (χ2v) is 8.46. The van der Waals surface area contributed by atoms with Gasteiger partial charge in [-0.3, -0.25) is 14.2 Å². The van der Waals surface area contributed by atoms with E-state index in [9.17, 15) is 9.59 Å². The van der Waals surface area contributed by atoms with Crippen molar-refractivity contribution in [2.24, 2.45) is 0 Å². The van der Waals surface area contributed by atoms with Gasteiger partial charge in [0.05, 0.1) is 25.7 Å². The number of fused-ring (bicyclic) bond motifs is 1. The van der Waals surface area contributed by atoms with Crippen molar-refractivity contribution in [2.45, 2.75) is 19.5 Å². The highest BCUT2D eigenvalue weighted by Crippen LogP contribution is 2.12. The number of carbonyl (C=O) groups is 1. The maximum Gasteiger partial charge on any atom is 0.264 e. The number of amides is 1. The Labute approximate surface area is 179 Å². The van der Waals surface area contributed by atoms with Crippen LogP contribution < -0.4 is 10.9 Å². The molecule has 29 heavy (non-hydrogen) atoms. The van der Waals surface area contributed by atoms with Crippen LogP contribution >= 0.6 is 27.3 Å². The molecule has 0 fully saturated rings. The van der Waals surface area contributed by atoms with Crippen LogP contribution in [0.4, 0.5) is 0 Å². The topological polar surface area (TPSA) is 81.8 Å². The van der Waals surface area contributed by atoms with Crippen molar-refractivity contribution in [1.82, 2.24) is 24.6 Å². The lowest BCUT2D eigenvalue weighted by Gasteiger charge is -2.07. The number of rotatable bonds is 7. The third-order valence-electron chi connectivity index (χ3n) is 4.45. The number of hydrogen-bond acceptors (Lipinski definition) is 5. The highest BCUT2D eigenvalue weighted by Gasteiger charge is 2.11. The maximum absolute atomic E-state index is 12.8. The molecular formula is C20H18BrN5O2S. The Balaban J connectivity index is 1.42. The predicted molar refractivity (Wildman–Crippen MR) is 116 cm³/mol. The third-order valence-corrected chi connectivity index (χ3v) is 5.85. The molecule has 3 aromatic heterocycles.